The van der Waals surface area contributed by atoms with Gasteiger partial charge in [0.25, 0.3) is 0 Å². The van der Waals surface area contributed by atoms with E-state index >= 15 is 0 Å². The van der Waals surface area contributed by atoms with Gasteiger partial charge in [-0.1, -0.05) is 24.3 Å². The van der Waals surface area contributed by atoms with Crippen molar-refractivity contribution in [3.05, 3.63) is 52.2 Å². The highest BCUT2D eigenvalue weighted by Crippen LogP contribution is 2.18. The van der Waals surface area contributed by atoms with Crippen molar-refractivity contribution in [3.8, 4) is 5.75 Å². The van der Waals surface area contributed by atoms with Crippen LogP contribution >= 0.6 is 11.3 Å². The molecule has 0 aliphatic carbocycles. The number of hydrogen-bond acceptors (Lipinski definition) is 4. The van der Waals surface area contributed by atoms with Crippen LogP contribution in [0.2, 0.25) is 0 Å². The number of guanidine groups is 1. The van der Waals surface area contributed by atoms with Crippen LogP contribution in [-0.4, -0.2) is 63.0 Å². The van der Waals surface area contributed by atoms with Gasteiger partial charge in [-0.25, -0.2) is 4.99 Å². The first-order valence-corrected chi connectivity index (χ1v) is 9.73. The lowest BCUT2D eigenvalue weighted by Crippen LogP contribution is -2.40. The summed E-state index contributed by atoms with van der Waals surface area (Å²) in [5.41, 5.74) is 1.06. The molecule has 1 aromatic carbocycles. The average molecular weight is 389 g/mol. The molecular formula is C20H28N4O2S. The standard InChI is InChI=1S/C20H28N4O2S/c1-23(2)19(25)14-22-20(21-12-11-17-9-7-13-27-17)24(3)15-16-8-5-6-10-18(16)26-4/h5-10,13H,11-12,14-15H2,1-4H3,(H,21,22). The van der Waals surface area contributed by atoms with Crippen LogP contribution < -0.4 is 10.1 Å². The van der Waals surface area contributed by atoms with Crippen molar-refractivity contribution in [1.29, 1.82) is 0 Å². The quantitative estimate of drug-likeness (QED) is 0.558. The smallest absolute Gasteiger partial charge is 0.243 e. The molecule has 0 saturated heterocycles. The number of aliphatic imine (C=N–C) groups is 1. The van der Waals surface area contributed by atoms with E-state index in [-0.39, 0.29) is 12.5 Å². The summed E-state index contributed by atoms with van der Waals surface area (Å²) >= 11 is 1.74. The van der Waals surface area contributed by atoms with Crippen LogP contribution in [0.1, 0.15) is 10.4 Å². The van der Waals surface area contributed by atoms with Crippen LogP contribution in [0.25, 0.3) is 0 Å². The van der Waals surface area contributed by atoms with Gasteiger partial charge < -0.3 is 19.9 Å². The summed E-state index contributed by atoms with van der Waals surface area (Å²) in [7, 11) is 7.10. The molecule has 2 aromatic rings. The fourth-order valence-electron chi connectivity index (χ4n) is 2.51. The second-order valence-electron chi connectivity index (χ2n) is 6.35. The van der Waals surface area contributed by atoms with E-state index in [0.29, 0.717) is 12.5 Å². The summed E-state index contributed by atoms with van der Waals surface area (Å²) in [4.78, 5) is 21.3. The molecule has 7 heteroatoms. The summed E-state index contributed by atoms with van der Waals surface area (Å²) in [5, 5.41) is 5.46. The predicted octanol–water partition coefficient (Wildman–Crippen LogP) is 2.46. The maximum atomic E-state index is 11.9. The van der Waals surface area contributed by atoms with Crippen molar-refractivity contribution >= 4 is 23.2 Å². The normalized spacial score (nSPS) is 11.2. The van der Waals surface area contributed by atoms with Crippen LogP contribution in [0.3, 0.4) is 0 Å². The Morgan fingerprint density at radius 3 is 2.63 bits per heavy atom. The molecule has 6 nitrogen and oxygen atoms in total. The van der Waals surface area contributed by atoms with Gasteiger partial charge in [-0.3, -0.25) is 4.79 Å². The van der Waals surface area contributed by atoms with E-state index in [1.165, 1.54) is 4.88 Å². The number of nitrogens with one attached hydrogen (secondary N) is 1. The van der Waals surface area contributed by atoms with Gasteiger partial charge in [0.2, 0.25) is 5.91 Å². The van der Waals surface area contributed by atoms with E-state index in [4.69, 9.17) is 4.74 Å². The van der Waals surface area contributed by atoms with Crippen molar-refractivity contribution in [3.63, 3.8) is 0 Å². The van der Waals surface area contributed by atoms with Crippen LogP contribution in [0, 0.1) is 0 Å². The molecule has 0 saturated carbocycles. The molecule has 1 amide bonds. The Balaban J connectivity index is 2.06. The molecule has 0 spiro atoms. The molecule has 146 valence electrons. The van der Waals surface area contributed by atoms with E-state index in [9.17, 15) is 4.79 Å². The van der Waals surface area contributed by atoms with Crippen LogP contribution in [0.4, 0.5) is 0 Å². The minimum atomic E-state index is -0.0294. The lowest BCUT2D eigenvalue weighted by molar-refractivity contribution is -0.127. The Morgan fingerprint density at radius 1 is 1.19 bits per heavy atom. The molecule has 0 atom stereocenters. The van der Waals surface area contributed by atoms with Gasteiger partial charge in [0.1, 0.15) is 12.3 Å². The number of likely N-dealkylation sites (N-methyl/N-ethyl adjacent to an activating group) is 1. The number of ether oxygens (including phenoxy) is 1. The van der Waals surface area contributed by atoms with Crippen LogP contribution in [-0.2, 0) is 17.8 Å². The number of carbonyl (C=O) groups excluding carboxylic acids is 1. The topological polar surface area (TPSA) is 57.2 Å². The molecule has 2 rings (SSSR count). The van der Waals surface area contributed by atoms with E-state index in [0.717, 1.165) is 24.3 Å². The van der Waals surface area contributed by atoms with E-state index in [2.05, 4.69) is 27.8 Å². The summed E-state index contributed by atoms with van der Waals surface area (Å²) in [5.74, 6) is 1.51. The van der Waals surface area contributed by atoms with Gasteiger partial charge in [-0.05, 0) is 23.9 Å². The van der Waals surface area contributed by atoms with Crippen molar-refractivity contribution < 1.29 is 9.53 Å². The molecule has 0 aliphatic rings. The second kappa shape index (κ2) is 10.6. The maximum Gasteiger partial charge on any atom is 0.243 e. The molecule has 0 unspecified atom stereocenters. The fraction of sp³-hybridized carbons (Fsp3) is 0.400. The second-order valence-corrected chi connectivity index (χ2v) is 7.38. The monoisotopic (exact) mass is 388 g/mol. The Morgan fingerprint density at radius 2 is 1.96 bits per heavy atom. The van der Waals surface area contributed by atoms with Crippen molar-refractivity contribution in [1.82, 2.24) is 15.1 Å². The average Bonchev–Trinajstić information content (AvgIpc) is 3.17. The molecular weight excluding hydrogens is 360 g/mol. The third-order valence-electron chi connectivity index (χ3n) is 4.06. The summed E-state index contributed by atoms with van der Waals surface area (Å²) in [6.07, 6.45) is 0.917. The summed E-state index contributed by atoms with van der Waals surface area (Å²) < 4.78 is 5.44. The molecule has 0 radical (unpaired) electrons. The number of hydrogen-bond donors (Lipinski definition) is 1. The van der Waals surface area contributed by atoms with Crippen LogP contribution in [0.15, 0.2) is 46.8 Å². The SMILES string of the molecule is COc1ccccc1CN(C)C(=NCC(=O)N(C)C)NCCc1cccs1. The number of carbonyl (C=O) groups is 1. The molecule has 1 heterocycles. The van der Waals surface area contributed by atoms with Crippen molar-refractivity contribution in [2.24, 2.45) is 4.99 Å². The first-order chi connectivity index (χ1) is 13.0. The molecule has 27 heavy (non-hydrogen) atoms. The molecule has 0 aliphatic heterocycles. The van der Waals surface area contributed by atoms with Gasteiger partial charge in [0, 0.05) is 44.7 Å². The Bertz CT molecular complexity index is 744. The van der Waals surface area contributed by atoms with E-state index in [1.54, 1.807) is 37.4 Å². The third-order valence-corrected chi connectivity index (χ3v) is 5.00. The Hall–Kier alpha value is -2.54. The lowest BCUT2D eigenvalue weighted by Gasteiger charge is -2.23. The summed E-state index contributed by atoms with van der Waals surface area (Å²) in [6, 6.07) is 12.1. The minimum absolute atomic E-state index is 0.0294. The predicted molar refractivity (Wildman–Crippen MR) is 111 cm³/mol. The molecule has 1 N–H and O–H groups in total. The van der Waals surface area contributed by atoms with Gasteiger partial charge in [0.05, 0.1) is 7.11 Å². The van der Waals surface area contributed by atoms with Gasteiger partial charge in [-0.2, -0.15) is 0 Å². The number of thiophene rings is 1. The minimum Gasteiger partial charge on any atom is -0.496 e. The largest absolute Gasteiger partial charge is 0.496 e. The van der Waals surface area contributed by atoms with Gasteiger partial charge >= 0.3 is 0 Å². The summed E-state index contributed by atoms with van der Waals surface area (Å²) in [6.45, 7) is 1.50. The highest BCUT2D eigenvalue weighted by atomic mass is 32.1. The van der Waals surface area contributed by atoms with E-state index in [1.807, 2.05) is 36.2 Å². The Labute approximate surface area is 165 Å². The van der Waals surface area contributed by atoms with Gasteiger partial charge in [-0.15, -0.1) is 11.3 Å². The highest BCUT2D eigenvalue weighted by Gasteiger charge is 2.12. The number of benzene rings is 1. The number of amides is 1. The fourth-order valence-corrected chi connectivity index (χ4v) is 3.22. The highest BCUT2D eigenvalue weighted by molar-refractivity contribution is 7.09. The van der Waals surface area contributed by atoms with Gasteiger partial charge in [0.15, 0.2) is 5.96 Å². The van der Waals surface area contributed by atoms with E-state index < -0.39 is 0 Å². The first kappa shape index (κ1) is 20.8. The van der Waals surface area contributed by atoms with Crippen molar-refractivity contribution in [2.75, 3.05) is 41.3 Å². The maximum absolute atomic E-state index is 11.9. The lowest BCUT2D eigenvalue weighted by atomic mass is 10.2. The van der Waals surface area contributed by atoms with Crippen molar-refractivity contribution in [2.45, 2.75) is 13.0 Å². The molecule has 0 fully saturated rings. The molecule has 0 bridgehead atoms. The molecule has 1 aromatic heterocycles. The first-order valence-electron chi connectivity index (χ1n) is 8.85. The zero-order valence-corrected chi connectivity index (χ0v) is 17.3. The number of methoxy groups -OCH3 is 1. The third kappa shape index (κ3) is 6.60. The number of nitrogens with zero attached hydrogens (tertiary/aromatic N) is 3. The number of para-hydroxylation sites is 1. The zero-order chi connectivity index (χ0) is 19.6. The Kier molecular flexibility index (Phi) is 8.13. The number of rotatable bonds is 8. The van der Waals surface area contributed by atoms with Crippen LogP contribution in [0.5, 0.6) is 5.75 Å². The zero-order valence-electron chi connectivity index (χ0n) is 16.4.